The van der Waals surface area contributed by atoms with Crippen LogP contribution in [0.3, 0.4) is 0 Å². The van der Waals surface area contributed by atoms with Gasteiger partial charge in [-0.15, -0.1) is 0 Å². The molecule has 2 heterocycles. The molecule has 0 N–H and O–H groups in total. The molecule has 2 aromatic rings. The molecule has 116 valence electrons. The van der Waals surface area contributed by atoms with E-state index in [9.17, 15) is 4.79 Å². The van der Waals surface area contributed by atoms with E-state index in [1.54, 1.807) is 13.3 Å². The van der Waals surface area contributed by atoms with Crippen molar-refractivity contribution in [2.24, 2.45) is 0 Å². The van der Waals surface area contributed by atoms with Crippen molar-refractivity contribution in [1.29, 1.82) is 0 Å². The van der Waals surface area contributed by atoms with Gasteiger partial charge in [-0.1, -0.05) is 30.3 Å². The normalized spacial score (nSPS) is 16.4. The second-order valence-corrected chi connectivity index (χ2v) is 5.93. The zero-order valence-corrected chi connectivity index (χ0v) is 13.0. The average molecular weight is 299 g/mol. The largest absolute Gasteiger partial charge is 0.384 e. The van der Waals surface area contributed by atoms with Gasteiger partial charge in [-0.05, 0) is 12.5 Å². The zero-order valence-electron chi connectivity index (χ0n) is 13.0. The number of benzene rings is 1. The van der Waals surface area contributed by atoms with E-state index in [4.69, 9.17) is 4.74 Å². The number of aromatic nitrogens is 2. The first-order valence-corrected chi connectivity index (χ1v) is 7.45. The van der Waals surface area contributed by atoms with Crippen LogP contribution in [0.25, 0.3) is 0 Å². The molecule has 0 bridgehead atoms. The van der Waals surface area contributed by atoms with Gasteiger partial charge in [-0.25, -0.2) is 4.98 Å². The van der Waals surface area contributed by atoms with Gasteiger partial charge in [-0.2, -0.15) is 0 Å². The number of amides is 1. The Labute approximate surface area is 130 Å². The maximum absolute atomic E-state index is 12.4. The Morgan fingerprint density at radius 1 is 1.32 bits per heavy atom. The van der Waals surface area contributed by atoms with Crippen LogP contribution >= 0.6 is 0 Å². The number of rotatable bonds is 5. The summed E-state index contributed by atoms with van der Waals surface area (Å²) in [6.07, 6.45) is 3.56. The van der Waals surface area contributed by atoms with Gasteiger partial charge in [-0.3, -0.25) is 4.79 Å². The van der Waals surface area contributed by atoms with E-state index in [-0.39, 0.29) is 11.3 Å². The Hall–Kier alpha value is -2.14. The van der Waals surface area contributed by atoms with Crippen LogP contribution in [0.4, 0.5) is 0 Å². The molecule has 22 heavy (non-hydrogen) atoms. The van der Waals surface area contributed by atoms with Crippen LogP contribution in [0, 0.1) is 6.92 Å². The molecule has 0 aliphatic carbocycles. The van der Waals surface area contributed by atoms with E-state index in [1.807, 2.05) is 40.8 Å². The summed E-state index contributed by atoms with van der Waals surface area (Å²) >= 11 is 0. The molecule has 0 saturated carbocycles. The Morgan fingerprint density at radius 2 is 2.05 bits per heavy atom. The number of imidazole rings is 1. The maximum Gasteiger partial charge on any atom is 0.242 e. The lowest BCUT2D eigenvalue weighted by molar-refractivity contribution is -0.141. The van der Waals surface area contributed by atoms with Gasteiger partial charge in [0.05, 0.1) is 12.0 Å². The van der Waals surface area contributed by atoms with E-state index in [0.29, 0.717) is 26.2 Å². The van der Waals surface area contributed by atoms with Crippen LogP contribution in [-0.2, 0) is 21.5 Å². The fourth-order valence-corrected chi connectivity index (χ4v) is 3.10. The summed E-state index contributed by atoms with van der Waals surface area (Å²) in [4.78, 5) is 18.4. The monoisotopic (exact) mass is 299 g/mol. The highest BCUT2D eigenvalue weighted by Crippen LogP contribution is 2.35. The van der Waals surface area contributed by atoms with Gasteiger partial charge >= 0.3 is 0 Å². The summed E-state index contributed by atoms with van der Waals surface area (Å²) in [5, 5.41) is 0. The first-order valence-electron chi connectivity index (χ1n) is 7.45. The topological polar surface area (TPSA) is 47.4 Å². The molecule has 5 nitrogen and oxygen atoms in total. The van der Waals surface area contributed by atoms with Crippen molar-refractivity contribution < 1.29 is 9.53 Å². The number of methoxy groups -OCH3 is 1. The maximum atomic E-state index is 12.4. The van der Waals surface area contributed by atoms with Crippen LogP contribution in [0.2, 0.25) is 0 Å². The molecular formula is C17H21N3O2. The Morgan fingerprint density at radius 3 is 2.64 bits per heavy atom. The van der Waals surface area contributed by atoms with E-state index in [0.717, 1.165) is 5.82 Å². The summed E-state index contributed by atoms with van der Waals surface area (Å²) in [5.74, 6) is 0.990. The predicted octanol–water partition coefficient (Wildman–Crippen LogP) is 1.62. The van der Waals surface area contributed by atoms with Crippen LogP contribution in [0.5, 0.6) is 0 Å². The summed E-state index contributed by atoms with van der Waals surface area (Å²) in [5.41, 5.74) is 1.16. The molecule has 1 aromatic heterocycles. The molecule has 5 heteroatoms. The number of hydrogen-bond acceptors (Lipinski definition) is 3. The average Bonchev–Trinajstić information content (AvgIpc) is 2.88. The summed E-state index contributed by atoms with van der Waals surface area (Å²) in [6, 6.07) is 10.3. The second-order valence-electron chi connectivity index (χ2n) is 5.93. The first-order chi connectivity index (χ1) is 10.6. The molecule has 0 spiro atoms. The van der Waals surface area contributed by atoms with E-state index in [2.05, 4.69) is 17.1 Å². The lowest BCUT2D eigenvalue weighted by Gasteiger charge is -2.50. The predicted molar refractivity (Wildman–Crippen MR) is 83.5 cm³/mol. The van der Waals surface area contributed by atoms with Crippen molar-refractivity contribution in [3.05, 3.63) is 54.1 Å². The van der Waals surface area contributed by atoms with E-state index < -0.39 is 0 Å². The second kappa shape index (κ2) is 5.93. The zero-order chi connectivity index (χ0) is 15.6. The number of hydrogen-bond donors (Lipinski definition) is 0. The third kappa shape index (κ3) is 2.64. The standard InChI is InChI=1S/C17H21N3O2/c1-14-18-8-9-19(14)10-16(21)20-11-17(12-20,13-22-2)15-6-4-3-5-7-15/h3-9H,10-13H2,1-2H3. The van der Waals surface area contributed by atoms with Gasteiger partial charge in [0.25, 0.3) is 0 Å². The molecule has 1 aliphatic heterocycles. The number of nitrogens with zero attached hydrogens (tertiary/aromatic N) is 3. The molecule has 1 aromatic carbocycles. The molecule has 0 unspecified atom stereocenters. The molecule has 0 atom stereocenters. The number of carbonyl (C=O) groups excluding carboxylic acids is 1. The number of carbonyl (C=O) groups is 1. The van der Waals surface area contributed by atoms with Gasteiger partial charge in [0.15, 0.2) is 0 Å². The van der Waals surface area contributed by atoms with E-state index >= 15 is 0 Å². The van der Waals surface area contributed by atoms with Crippen LogP contribution in [-0.4, -0.2) is 47.2 Å². The lowest BCUT2D eigenvalue weighted by atomic mass is 9.74. The molecule has 0 radical (unpaired) electrons. The van der Waals surface area contributed by atoms with Gasteiger partial charge in [0.1, 0.15) is 12.4 Å². The minimum absolute atomic E-state index is 0.0738. The third-order valence-corrected chi connectivity index (χ3v) is 4.38. The first kappa shape index (κ1) is 14.8. The lowest BCUT2D eigenvalue weighted by Crippen LogP contribution is -2.63. The Kier molecular flexibility index (Phi) is 3.98. The van der Waals surface area contributed by atoms with Crippen LogP contribution in [0.1, 0.15) is 11.4 Å². The van der Waals surface area contributed by atoms with Crippen molar-refractivity contribution in [1.82, 2.24) is 14.5 Å². The fraction of sp³-hybridized carbons (Fsp3) is 0.412. The summed E-state index contributed by atoms with van der Waals surface area (Å²) in [6.45, 7) is 4.30. The molecule has 1 aliphatic rings. The molecule has 3 rings (SSSR count). The SMILES string of the molecule is COCC1(c2ccccc2)CN(C(=O)Cn2ccnc2C)C1. The van der Waals surface area contributed by atoms with Crippen LogP contribution < -0.4 is 0 Å². The molecule has 1 amide bonds. The quantitative estimate of drug-likeness (QED) is 0.843. The fourth-order valence-electron chi connectivity index (χ4n) is 3.10. The highest BCUT2D eigenvalue weighted by atomic mass is 16.5. The molecule has 1 fully saturated rings. The number of ether oxygens (including phenoxy) is 1. The number of aryl methyl sites for hydroxylation is 1. The smallest absolute Gasteiger partial charge is 0.242 e. The molecule has 1 saturated heterocycles. The highest BCUT2D eigenvalue weighted by molar-refractivity contribution is 5.77. The number of likely N-dealkylation sites (tertiary alicyclic amines) is 1. The third-order valence-electron chi connectivity index (χ3n) is 4.38. The highest BCUT2D eigenvalue weighted by Gasteiger charge is 2.46. The minimum Gasteiger partial charge on any atom is -0.384 e. The van der Waals surface area contributed by atoms with Gasteiger partial charge < -0.3 is 14.2 Å². The van der Waals surface area contributed by atoms with Crippen LogP contribution in [0.15, 0.2) is 42.7 Å². The van der Waals surface area contributed by atoms with Crippen molar-refractivity contribution in [2.45, 2.75) is 18.9 Å². The summed E-state index contributed by atoms with van der Waals surface area (Å²) < 4.78 is 7.28. The minimum atomic E-state index is -0.0738. The van der Waals surface area contributed by atoms with E-state index in [1.165, 1.54) is 5.56 Å². The Balaban J connectivity index is 1.68. The molecular weight excluding hydrogens is 278 g/mol. The Bertz CT molecular complexity index is 645. The van der Waals surface area contributed by atoms with Crippen molar-refractivity contribution in [2.75, 3.05) is 26.8 Å². The summed E-state index contributed by atoms with van der Waals surface area (Å²) in [7, 11) is 1.71. The van der Waals surface area contributed by atoms with Crippen molar-refractivity contribution >= 4 is 5.91 Å². The van der Waals surface area contributed by atoms with Gasteiger partial charge in [0, 0.05) is 32.6 Å². The van der Waals surface area contributed by atoms with Gasteiger partial charge in [0.2, 0.25) is 5.91 Å². The van der Waals surface area contributed by atoms with Crippen molar-refractivity contribution in [3.63, 3.8) is 0 Å². The van der Waals surface area contributed by atoms with Crippen molar-refractivity contribution in [3.8, 4) is 0 Å².